The molecule has 1 heterocycles. The molecular formula is C19H29N3O5. The van der Waals surface area contributed by atoms with E-state index in [1.54, 1.807) is 23.4 Å². The SMILES string of the molecule is CCOC(=O)CC(=O)N(Cc1c(C)nn(C)c1C)C[C@@H]1C[C@@H]1C(=O)OCC. The average molecular weight is 379 g/mol. The molecule has 1 aliphatic carbocycles. The minimum atomic E-state index is -0.537. The fraction of sp³-hybridized carbons (Fsp3) is 0.684. The van der Waals surface area contributed by atoms with Crippen LogP contribution in [0.5, 0.6) is 0 Å². The third-order valence-corrected chi connectivity index (χ3v) is 4.93. The molecule has 8 heteroatoms. The topological polar surface area (TPSA) is 90.7 Å². The second-order valence-corrected chi connectivity index (χ2v) is 6.88. The van der Waals surface area contributed by atoms with E-state index in [-0.39, 0.29) is 36.7 Å². The fourth-order valence-corrected chi connectivity index (χ4v) is 3.21. The van der Waals surface area contributed by atoms with Gasteiger partial charge in [-0.25, -0.2) is 0 Å². The number of ether oxygens (including phenoxy) is 2. The summed E-state index contributed by atoms with van der Waals surface area (Å²) >= 11 is 0. The number of carbonyl (C=O) groups excluding carboxylic acids is 3. The molecule has 8 nitrogen and oxygen atoms in total. The van der Waals surface area contributed by atoms with Gasteiger partial charge in [-0.2, -0.15) is 5.10 Å². The van der Waals surface area contributed by atoms with Crippen LogP contribution in [0.1, 0.15) is 43.6 Å². The average Bonchev–Trinajstić information content (AvgIpc) is 3.32. The summed E-state index contributed by atoms with van der Waals surface area (Å²) < 4.78 is 11.7. The molecule has 1 aromatic rings. The normalized spacial score (nSPS) is 18.1. The Kier molecular flexibility index (Phi) is 6.98. The second kappa shape index (κ2) is 9.01. The number of aromatic nitrogens is 2. The van der Waals surface area contributed by atoms with Crippen molar-refractivity contribution in [1.29, 1.82) is 0 Å². The molecule has 1 aliphatic rings. The van der Waals surface area contributed by atoms with Crippen LogP contribution in [0.2, 0.25) is 0 Å². The highest BCUT2D eigenvalue weighted by atomic mass is 16.5. The van der Waals surface area contributed by atoms with Crippen molar-refractivity contribution in [3.63, 3.8) is 0 Å². The molecule has 0 saturated heterocycles. The van der Waals surface area contributed by atoms with E-state index in [0.29, 0.717) is 26.1 Å². The molecule has 0 unspecified atom stereocenters. The zero-order valence-electron chi connectivity index (χ0n) is 16.8. The maximum Gasteiger partial charge on any atom is 0.315 e. The summed E-state index contributed by atoms with van der Waals surface area (Å²) in [7, 11) is 1.86. The number of hydrogen-bond acceptors (Lipinski definition) is 6. The number of nitrogens with zero attached hydrogens (tertiary/aromatic N) is 3. The van der Waals surface area contributed by atoms with Crippen molar-refractivity contribution in [2.45, 2.75) is 47.1 Å². The molecule has 1 fully saturated rings. The quantitative estimate of drug-likeness (QED) is 0.477. The van der Waals surface area contributed by atoms with E-state index in [9.17, 15) is 14.4 Å². The smallest absolute Gasteiger partial charge is 0.315 e. The fourth-order valence-electron chi connectivity index (χ4n) is 3.21. The van der Waals surface area contributed by atoms with Gasteiger partial charge in [0.25, 0.3) is 0 Å². The van der Waals surface area contributed by atoms with E-state index in [1.807, 2.05) is 20.9 Å². The van der Waals surface area contributed by atoms with Gasteiger partial charge in [0, 0.05) is 31.4 Å². The predicted octanol–water partition coefficient (Wildman–Crippen LogP) is 1.52. The van der Waals surface area contributed by atoms with Crippen LogP contribution in [0.15, 0.2) is 0 Å². The van der Waals surface area contributed by atoms with E-state index in [0.717, 1.165) is 17.0 Å². The van der Waals surface area contributed by atoms with Crippen molar-refractivity contribution in [3.05, 3.63) is 17.0 Å². The van der Waals surface area contributed by atoms with Crippen LogP contribution >= 0.6 is 0 Å². The van der Waals surface area contributed by atoms with Crippen molar-refractivity contribution >= 4 is 17.8 Å². The van der Waals surface area contributed by atoms with Gasteiger partial charge in [0.05, 0.1) is 24.8 Å². The number of esters is 2. The molecule has 0 aliphatic heterocycles. The molecule has 2 rings (SSSR count). The van der Waals surface area contributed by atoms with Gasteiger partial charge in [-0.3, -0.25) is 19.1 Å². The standard InChI is InChI=1S/C19H29N3O5/c1-6-26-18(24)9-17(23)22(10-14-8-15(14)19(25)27-7-2)11-16-12(3)20-21(5)13(16)4/h14-15H,6-11H2,1-5H3/t14-,15-/m0/s1. The van der Waals surface area contributed by atoms with E-state index >= 15 is 0 Å². The molecule has 2 atom stereocenters. The zero-order valence-corrected chi connectivity index (χ0v) is 16.8. The molecular weight excluding hydrogens is 350 g/mol. The largest absolute Gasteiger partial charge is 0.466 e. The summed E-state index contributed by atoms with van der Waals surface area (Å²) in [5.41, 5.74) is 2.78. The van der Waals surface area contributed by atoms with Crippen molar-refractivity contribution in [3.8, 4) is 0 Å². The van der Waals surface area contributed by atoms with E-state index in [4.69, 9.17) is 9.47 Å². The Labute approximate surface area is 159 Å². The lowest BCUT2D eigenvalue weighted by molar-refractivity contribution is -0.150. The van der Waals surface area contributed by atoms with Crippen LogP contribution in [-0.4, -0.2) is 52.3 Å². The maximum atomic E-state index is 12.7. The predicted molar refractivity (Wildman–Crippen MR) is 97.6 cm³/mol. The van der Waals surface area contributed by atoms with Gasteiger partial charge in [-0.05, 0) is 40.0 Å². The first kappa shape index (κ1) is 20.9. The molecule has 1 saturated carbocycles. The molecule has 0 radical (unpaired) electrons. The number of hydrogen-bond donors (Lipinski definition) is 0. The number of amides is 1. The molecule has 1 amide bonds. The Morgan fingerprint density at radius 3 is 2.41 bits per heavy atom. The monoisotopic (exact) mass is 379 g/mol. The van der Waals surface area contributed by atoms with Gasteiger partial charge >= 0.3 is 11.9 Å². The summed E-state index contributed by atoms with van der Waals surface area (Å²) in [4.78, 5) is 38.0. The van der Waals surface area contributed by atoms with Crippen molar-refractivity contribution in [1.82, 2.24) is 14.7 Å². The highest BCUT2D eigenvalue weighted by Crippen LogP contribution is 2.40. The summed E-state index contributed by atoms with van der Waals surface area (Å²) in [6.45, 7) is 8.68. The highest BCUT2D eigenvalue weighted by Gasteiger charge is 2.45. The Balaban J connectivity index is 2.10. The van der Waals surface area contributed by atoms with Gasteiger partial charge in [0.2, 0.25) is 5.91 Å². The minimum Gasteiger partial charge on any atom is -0.466 e. The van der Waals surface area contributed by atoms with Crippen molar-refractivity contribution < 1.29 is 23.9 Å². The molecule has 0 N–H and O–H groups in total. The van der Waals surface area contributed by atoms with E-state index in [2.05, 4.69) is 5.10 Å². The second-order valence-electron chi connectivity index (χ2n) is 6.88. The lowest BCUT2D eigenvalue weighted by Crippen LogP contribution is -2.35. The highest BCUT2D eigenvalue weighted by molar-refractivity contribution is 5.94. The number of aryl methyl sites for hydroxylation is 2. The van der Waals surface area contributed by atoms with Crippen molar-refractivity contribution in [2.75, 3.05) is 19.8 Å². The Bertz CT molecular complexity index is 712. The number of rotatable bonds is 9. The third-order valence-electron chi connectivity index (χ3n) is 4.93. The summed E-state index contributed by atoms with van der Waals surface area (Å²) in [6, 6.07) is 0. The minimum absolute atomic E-state index is 0.0625. The summed E-state index contributed by atoms with van der Waals surface area (Å²) in [5, 5.41) is 4.39. The molecule has 1 aromatic heterocycles. The van der Waals surface area contributed by atoms with E-state index < -0.39 is 5.97 Å². The molecule has 0 spiro atoms. The van der Waals surface area contributed by atoms with Crippen LogP contribution in [-0.2, 0) is 37.4 Å². The lowest BCUT2D eigenvalue weighted by atomic mass is 10.1. The van der Waals surface area contributed by atoms with Crippen LogP contribution in [0.4, 0.5) is 0 Å². The van der Waals surface area contributed by atoms with Crippen LogP contribution in [0, 0.1) is 25.7 Å². The first-order valence-electron chi connectivity index (χ1n) is 9.37. The van der Waals surface area contributed by atoms with Gasteiger partial charge < -0.3 is 14.4 Å². The van der Waals surface area contributed by atoms with Crippen LogP contribution in [0.3, 0.4) is 0 Å². The van der Waals surface area contributed by atoms with Gasteiger partial charge in [0.15, 0.2) is 0 Å². The summed E-state index contributed by atoms with van der Waals surface area (Å²) in [6.07, 6.45) is 0.399. The Morgan fingerprint density at radius 2 is 1.85 bits per heavy atom. The Hall–Kier alpha value is -2.38. The molecule has 0 bridgehead atoms. The number of carbonyl (C=O) groups is 3. The molecule has 27 heavy (non-hydrogen) atoms. The lowest BCUT2D eigenvalue weighted by Gasteiger charge is -2.23. The van der Waals surface area contributed by atoms with Crippen molar-refractivity contribution in [2.24, 2.45) is 18.9 Å². The first-order valence-corrected chi connectivity index (χ1v) is 9.37. The van der Waals surface area contributed by atoms with Gasteiger partial charge in [-0.15, -0.1) is 0 Å². The van der Waals surface area contributed by atoms with Crippen LogP contribution < -0.4 is 0 Å². The molecule has 150 valence electrons. The summed E-state index contributed by atoms with van der Waals surface area (Å²) in [5.74, 6) is -1.16. The van der Waals surface area contributed by atoms with E-state index in [1.165, 1.54) is 0 Å². The van der Waals surface area contributed by atoms with Gasteiger partial charge in [0.1, 0.15) is 6.42 Å². The zero-order chi connectivity index (χ0) is 20.1. The van der Waals surface area contributed by atoms with Crippen LogP contribution in [0.25, 0.3) is 0 Å². The Morgan fingerprint density at radius 1 is 1.19 bits per heavy atom. The molecule has 0 aromatic carbocycles. The third kappa shape index (κ3) is 5.30. The first-order chi connectivity index (χ1) is 12.8. The maximum absolute atomic E-state index is 12.7. The van der Waals surface area contributed by atoms with Gasteiger partial charge in [-0.1, -0.05) is 0 Å².